The minimum absolute atomic E-state index is 0.0690. The molecular weight excluding hydrogens is 294 g/mol. The molecular formula is C13H23N3O4S. The van der Waals surface area contributed by atoms with Crippen molar-refractivity contribution < 1.29 is 17.9 Å². The lowest BCUT2D eigenvalue weighted by Gasteiger charge is -2.08. The summed E-state index contributed by atoms with van der Waals surface area (Å²) < 4.78 is 29.3. The largest absolute Gasteiger partial charge is 0.379 e. The second kappa shape index (κ2) is 7.58. The molecule has 0 aromatic carbocycles. The van der Waals surface area contributed by atoms with E-state index >= 15 is 0 Å². The van der Waals surface area contributed by atoms with Crippen LogP contribution in [0.5, 0.6) is 0 Å². The van der Waals surface area contributed by atoms with E-state index in [4.69, 9.17) is 9.88 Å². The van der Waals surface area contributed by atoms with Crippen molar-refractivity contribution in [3.8, 4) is 0 Å². The van der Waals surface area contributed by atoms with E-state index in [1.807, 2.05) is 13.8 Å². The van der Waals surface area contributed by atoms with Crippen LogP contribution >= 0.6 is 0 Å². The number of carbonyl (C=O) groups is 1. The molecule has 1 aromatic rings. The number of rotatable bonds is 8. The van der Waals surface area contributed by atoms with Gasteiger partial charge in [-0.25, -0.2) is 13.6 Å². The SMILES string of the molecule is CC(C)OCCCCNC(=O)c1cc(S(N)(=O)=O)cn1C. The standard InChI is InChI=1S/C13H23N3O4S/c1-10(2)20-7-5-4-6-15-13(17)12-8-11(9-16(12)3)21(14,18)19/h8-10H,4-7H2,1-3H3,(H,15,17)(H2,14,18,19). The predicted molar refractivity (Wildman–Crippen MR) is 79.4 cm³/mol. The van der Waals surface area contributed by atoms with Crippen LogP contribution in [0.25, 0.3) is 0 Å². The zero-order valence-corrected chi connectivity index (χ0v) is 13.4. The van der Waals surface area contributed by atoms with Crippen LogP contribution in [0, 0.1) is 0 Å². The van der Waals surface area contributed by atoms with E-state index in [-0.39, 0.29) is 22.6 Å². The number of primary sulfonamides is 1. The summed E-state index contributed by atoms with van der Waals surface area (Å²) in [5.41, 5.74) is 0.262. The van der Waals surface area contributed by atoms with E-state index in [1.165, 1.54) is 16.8 Å². The zero-order valence-electron chi connectivity index (χ0n) is 12.6. The van der Waals surface area contributed by atoms with Gasteiger partial charge in [-0.3, -0.25) is 4.79 Å². The molecule has 21 heavy (non-hydrogen) atoms. The summed E-state index contributed by atoms with van der Waals surface area (Å²) in [6, 6.07) is 1.27. The summed E-state index contributed by atoms with van der Waals surface area (Å²) in [6.07, 6.45) is 3.18. The lowest BCUT2D eigenvalue weighted by molar-refractivity contribution is 0.0754. The average molecular weight is 317 g/mol. The fourth-order valence-electron chi connectivity index (χ4n) is 1.75. The van der Waals surface area contributed by atoms with Crippen molar-refractivity contribution in [3.05, 3.63) is 18.0 Å². The molecule has 0 atom stereocenters. The molecule has 0 saturated carbocycles. The number of nitrogens with two attached hydrogens (primary N) is 1. The van der Waals surface area contributed by atoms with Crippen molar-refractivity contribution >= 4 is 15.9 Å². The predicted octanol–water partition coefficient (Wildman–Crippen LogP) is 0.608. The molecule has 0 radical (unpaired) electrons. The van der Waals surface area contributed by atoms with Crippen LogP contribution < -0.4 is 10.5 Å². The third-order valence-corrected chi connectivity index (χ3v) is 3.73. The third-order valence-electron chi connectivity index (χ3n) is 2.85. The van der Waals surface area contributed by atoms with Crippen molar-refractivity contribution in [3.63, 3.8) is 0 Å². The van der Waals surface area contributed by atoms with Crippen molar-refractivity contribution in [2.75, 3.05) is 13.2 Å². The molecule has 0 aliphatic rings. The van der Waals surface area contributed by atoms with Gasteiger partial charge in [0.15, 0.2) is 0 Å². The van der Waals surface area contributed by atoms with Gasteiger partial charge in [-0.15, -0.1) is 0 Å². The molecule has 1 heterocycles. The number of sulfonamides is 1. The zero-order chi connectivity index (χ0) is 16.0. The summed E-state index contributed by atoms with van der Waals surface area (Å²) in [5, 5.41) is 7.77. The fourth-order valence-corrected chi connectivity index (χ4v) is 2.34. The van der Waals surface area contributed by atoms with Crippen LogP contribution in [0.15, 0.2) is 17.2 Å². The second-order valence-electron chi connectivity index (χ2n) is 5.10. The fraction of sp³-hybridized carbons (Fsp3) is 0.615. The molecule has 1 amide bonds. The summed E-state index contributed by atoms with van der Waals surface area (Å²) in [4.78, 5) is 11.9. The molecule has 0 saturated heterocycles. The molecule has 8 heteroatoms. The van der Waals surface area contributed by atoms with Crippen LogP contribution in [0.1, 0.15) is 37.2 Å². The Balaban J connectivity index is 2.44. The topological polar surface area (TPSA) is 103 Å². The van der Waals surface area contributed by atoms with Gasteiger partial charge >= 0.3 is 0 Å². The molecule has 0 bridgehead atoms. The number of unbranched alkanes of at least 4 members (excludes halogenated alkanes) is 1. The number of amides is 1. The Morgan fingerprint density at radius 3 is 2.62 bits per heavy atom. The van der Waals surface area contributed by atoms with E-state index in [1.54, 1.807) is 7.05 Å². The van der Waals surface area contributed by atoms with Crippen molar-refractivity contribution in [2.45, 2.75) is 37.7 Å². The van der Waals surface area contributed by atoms with Gasteiger partial charge in [0, 0.05) is 26.4 Å². The number of ether oxygens (including phenoxy) is 1. The summed E-state index contributed by atoms with van der Waals surface area (Å²) in [6.45, 7) is 5.12. The number of nitrogens with zero attached hydrogens (tertiary/aromatic N) is 1. The van der Waals surface area contributed by atoms with Gasteiger partial charge < -0.3 is 14.6 Å². The number of carbonyl (C=O) groups excluding carboxylic acids is 1. The number of aromatic nitrogens is 1. The summed E-state index contributed by atoms with van der Waals surface area (Å²) in [5.74, 6) is -0.322. The van der Waals surface area contributed by atoms with Crippen LogP contribution in [0.4, 0.5) is 0 Å². The number of hydrogen-bond donors (Lipinski definition) is 2. The maximum absolute atomic E-state index is 11.9. The Hall–Kier alpha value is -1.38. The first-order valence-electron chi connectivity index (χ1n) is 6.80. The van der Waals surface area contributed by atoms with Gasteiger partial charge in [0.1, 0.15) is 10.6 Å². The van der Waals surface area contributed by atoms with Crippen molar-refractivity contribution in [1.82, 2.24) is 9.88 Å². The van der Waals surface area contributed by atoms with E-state index < -0.39 is 10.0 Å². The Morgan fingerprint density at radius 1 is 1.43 bits per heavy atom. The molecule has 7 nitrogen and oxygen atoms in total. The van der Waals surface area contributed by atoms with Crippen LogP contribution in [0.2, 0.25) is 0 Å². The number of hydrogen-bond acceptors (Lipinski definition) is 4. The molecule has 0 aliphatic heterocycles. The first-order chi connectivity index (χ1) is 9.71. The average Bonchev–Trinajstić information content (AvgIpc) is 2.75. The van der Waals surface area contributed by atoms with Crippen LogP contribution in [0.3, 0.4) is 0 Å². The highest BCUT2D eigenvalue weighted by molar-refractivity contribution is 7.89. The van der Waals surface area contributed by atoms with Crippen molar-refractivity contribution in [1.29, 1.82) is 0 Å². The lowest BCUT2D eigenvalue weighted by atomic mass is 10.3. The minimum Gasteiger partial charge on any atom is -0.379 e. The highest BCUT2D eigenvalue weighted by atomic mass is 32.2. The minimum atomic E-state index is -3.80. The van der Waals surface area contributed by atoms with Gasteiger partial charge in [0.05, 0.1) is 6.10 Å². The molecule has 0 aliphatic carbocycles. The van der Waals surface area contributed by atoms with E-state index in [0.29, 0.717) is 13.2 Å². The van der Waals surface area contributed by atoms with Gasteiger partial charge in [0.25, 0.3) is 5.91 Å². The molecule has 3 N–H and O–H groups in total. The Kier molecular flexibility index (Phi) is 6.38. The lowest BCUT2D eigenvalue weighted by Crippen LogP contribution is -2.26. The smallest absolute Gasteiger partial charge is 0.267 e. The first-order valence-corrected chi connectivity index (χ1v) is 8.35. The van der Waals surface area contributed by atoms with Crippen molar-refractivity contribution in [2.24, 2.45) is 12.2 Å². The Labute approximate surface area is 125 Å². The quantitative estimate of drug-likeness (QED) is 0.685. The van der Waals surface area contributed by atoms with Gasteiger partial charge in [-0.1, -0.05) is 0 Å². The van der Waals surface area contributed by atoms with Gasteiger partial charge in [-0.2, -0.15) is 0 Å². The highest BCUT2D eigenvalue weighted by Crippen LogP contribution is 2.11. The van der Waals surface area contributed by atoms with Crippen LogP contribution in [-0.2, 0) is 21.8 Å². The normalized spacial score (nSPS) is 11.9. The van der Waals surface area contributed by atoms with Crippen LogP contribution in [-0.4, -0.2) is 38.1 Å². The second-order valence-corrected chi connectivity index (χ2v) is 6.66. The molecule has 1 aromatic heterocycles. The maximum Gasteiger partial charge on any atom is 0.267 e. The number of nitrogens with one attached hydrogen (secondary N) is 1. The first kappa shape index (κ1) is 17.7. The van der Waals surface area contributed by atoms with Gasteiger partial charge in [0.2, 0.25) is 10.0 Å². The van der Waals surface area contributed by atoms with E-state index in [2.05, 4.69) is 5.32 Å². The Bertz CT molecular complexity index is 578. The highest BCUT2D eigenvalue weighted by Gasteiger charge is 2.16. The molecule has 1 rings (SSSR count). The Morgan fingerprint density at radius 2 is 2.10 bits per heavy atom. The monoisotopic (exact) mass is 317 g/mol. The molecule has 0 fully saturated rings. The number of aryl methyl sites for hydroxylation is 1. The summed E-state index contributed by atoms with van der Waals surface area (Å²) in [7, 11) is -2.20. The summed E-state index contributed by atoms with van der Waals surface area (Å²) >= 11 is 0. The molecule has 120 valence electrons. The molecule has 0 unspecified atom stereocenters. The van der Waals surface area contributed by atoms with Gasteiger partial charge in [-0.05, 0) is 32.8 Å². The third kappa shape index (κ3) is 5.86. The van der Waals surface area contributed by atoms with E-state index in [0.717, 1.165) is 12.8 Å². The maximum atomic E-state index is 11.9. The molecule has 0 spiro atoms. The van der Waals surface area contributed by atoms with E-state index in [9.17, 15) is 13.2 Å².